The molecule has 2 amide bonds. The molecule has 1 aliphatic heterocycles. The summed E-state index contributed by atoms with van der Waals surface area (Å²) in [6, 6.07) is 1.72. The quantitative estimate of drug-likeness (QED) is 0.762. The van der Waals surface area contributed by atoms with Gasteiger partial charge in [-0.05, 0) is 31.6 Å². The smallest absolute Gasteiger partial charge is 0.315 e. The van der Waals surface area contributed by atoms with Gasteiger partial charge >= 0.3 is 6.03 Å². The van der Waals surface area contributed by atoms with Gasteiger partial charge in [0.05, 0.1) is 12.2 Å². The third-order valence-corrected chi connectivity index (χ3v) is 4.46. The van der Waals surface area contributed by atoms with E-state index in [0.717, 1.165) is 12.2 Å². The first-order valence-corrected chi connectivity index (χ1v) is 6.80. The fourth-order valence-electron chi connectivity index (χ4n) is 1.86. The topological polar surface area (TPSA) is 69.8 Å². The molecule has 1 aliphatic rings. The Morgan fingerprint density at radius 2 is 2.53 bits per heavy atom. The van der Waals surface area contributed by atoms with E-state index in [1.165, 1.54) is 18.6 Å². The number of carbonyl (C=O) groups is 1. The minimum atomic E-state index is -0.117. The summed E-state index contributed by atoms with van der Waals surface area (Å²) in [6.45, 7) is 3.42. The number of H-pyrrole nitrogens is 1. The number of urea groups is 1. The maximum Gasteiger partial charge on any atom is 0.315 e. The summed E-state index contributed by atoms with van der Waals surface area (Å²) in [5, 5.41) is 12.3. The van der Waals surface area contributed by atoms with Crippen LogP contribution in [-0.4, -0.2) is 33.3 Å². The van der Waals surface area contributed by atoms with Crippen LogP contribution in [0.25, 0.3) is 0 Å². The van der Waals surface area contributed by atoms with Crippen molar-refractivity contribution in [2.75, 3.05) is 12.3 Å². The maximum atomic E-state index is 11.6. The molecule has 5 nitrogen and oxygen atoms in total. The molecule has 1 fully saturated rings. The number of nitrogens with zero attached hydrogens (tertiary/aromatic N) is 1. The lowest BCUT2D eigenvalue weighted by molar-refractivity contribution is 0.239. The van der Waals surface area contributed by atoms with Crippen LogP contribution in [-0.2, 0) is 6.54 Å². The van der Waals surface area contributed by atoms with Crippen LogP contribution >= 0.6 is 11.8 Å². The van der Waals surface area contributed by atoms with Crippen LogP contribution in [0.15, 0.2) is 12.3 Å². The highest BCUT2D eigenvalue weighted by atomic mass is 32.2. The second-order valence-electron chi connectivity index (χ2n) is 4.52. The Bertz CT molecular complexity index is 360. The third-order valence-electron chi connectivity index (χ3n) is 2.92. The molecule has 0 spiro atoms. The van der Waals surface area contributed by atoms with E-state index in [9.17, 15) is 4.79 Å². The average molecular weight is 254 g/mol. The molecule has 6 heteroatoms. The van der Waals surface area contributed by atoms with E-state index < -0.39 is 0 Å². The van der Waals surface area contributed by atoms with Crippen molar-refractivity contribution in [3.63, 3.8) is 0 Å². The molecule has 0 saturated carbocycles. The highest BCUT2D eigenvalue weighted by Crippen LogP contribution is 2.36. The fourth-order valence-corrected chi connectivity index (χ4v) is 3.11. The predicted octanol–water partition coefficient (Wildman–Crippen LogP) is 1.49. The minimum absolute atomic E-state index is 0.117. The van der Waals surface area contributed by atoms with Crippen molar-refractivity contribution < 1.29 is 4.79 Å². The van der Waals surface area contributed by atoms with Gasteiger partial charge in [-0.15, -0.1) is 0 Å². The van der Waals surface area contributed by atoms with E-state index in [1.54, 1.807) is 6.20 Å². The van der Waals surface area contributed by atoms with Gasteiger partial charge in [0.1, 0.15) is 0 Å². The Balaban J connectivity index is 1.67. The molecule has 0 aliphatic carbocycles. The van der Waals surface area contributed by atoms with Crippen LogP contribution in [0.2, 0.25) is 0 Å². The van der Waals surface area contributed by atoms with E-state index in [1.807, 2.05) is 17.8 Å². The third kappa shape index (κ3) is 3.66. The molecule has 0 radical (unpaired) electrons. The van der Waals surface area contributed by atoms with Crippen LogP contribution in [0.1, 0.15) is 25.5 Å². The first kappa shape index (κ1) is 12.3. The zero-order valence-corrected chi connectivity index (χ0v) is 10.8. The van der Waals surface area contributed by atoms with E-state index >= 15 is 0 Å². The van der Waals surface area contributed by atoms with Crippen molar-refractivity contribution >= 4 is 17.8 Å². The van der Waals surface area contributed by atoms with Crippen LogP contribution < -0.4 is 10.6 Å². The Morgan fingerprint density at radius 1 is 1.65 bits per heavy atom. The number of nitrogens with one attached hydrogen (secondary N) is 3. The van der Waals surface area contributed by atoms with Crippen molar-refractivity contribution in [1.82, 2.24) is 20.8 Å². The zero-order chi connectivity index (χ0) is 12.1. The average Bonchev–Trinajstić information content (AvgIpc) is 2.95. The molecular weight excluding hydrogens is 236 g/mol. The van der Waals surface area contributed by atoms with Crippen LogP contribution in [0.4, 0.5) is 4.79 Å². The van der Waals surface area contributed by atoms with Crippen molar-refractivity contribution in [3.8, 4) is 0 Å². The first-order valence-electron chi connectivity index (χ1n) is 5.82. The van der Waals surface area contributed by atoms with Gasteiger partial charge in [0.2, 0.25) is 0 Å². The predicted molar refractivity (Wildman–Crippen MR) is 68.9 cm³/mol. The highest BCUT2D eigenvalue weighted by Gasteiger charge is 2.29. The molecule has 17 heavy (non-hydrogen) atoms. The Hall–Kier alpha value is -1.17. The van der Waals surface area contributed by atoms with Gasteiger partial charge in [0.15, 0.2) is 0 Å². The van der Waals surface area contributed by atoms with Gasteiger partial charge in [-0.25, -0.2) is 4.79 Å². The number of amides is 2. The number of aromatic nitrogens is 2. The molecule has 1 aromatic rings. The molecule has 2 heterocycles. The van der Waals surface area contributed by atoms with Crippen molar-refractivity contribution in [2.45, 2.75) is 31.1 Å². The second-order valence-corrected chi connectivity index (χ2v) is 6.20. The van der Waals surface area contributed by atoms with Gasteiger partial charge < -0.3 is 10.6 Å². The lowest BCUT2D eigenvalue weighted by atomic mass is 10.1. The largest absolute Gasteiger partial charge is 0.337 e. The molecule has 1 unspecified atom stereocenters. The van der Waals surface area contributed by atoms with Crippen LogP contribution in [0.3, 0.4) is 0 Å². The standard InChI is InChI=1S/C11H18N4OS/c1-11(4-2-6-17-11)8-13-10(16)12-7-9-3-5-14-15-9/h3,5H,2,4,6-8H2,1H3,(H,14,15)(H2,12,13,16). The number of hydrogen-bond acceptors (Lipinski definition) is 3. The second kappa shape index (κ2) is 5.44. The number of aromatic amines is 1. The van der Waals surface area contributed by atoms with Gasteiger partial charge in [-0.1, -0.05) is 0 Å². The molecule has 0 aromatic carbocycles. The number of rotatable bonds is 4. The minimum Gasteiger partial charge on any atom is -0.337 e. The summed E-state index contributed by atoms with van der Waals surface area (Å²) in [4.78, 5) is 11.6. The summed E-state index contributed by atoms with van der Waals surface area (Å²) in [5.74, 6) is 1.20. The monoisotopic (exact) mass is 254 g/mol. The Kier molecular flexibility index (Phi) is 3.93. The Morgan fingerprint density at radius 3 is 3.18 bits per heavy atom. The number of hydrogen-bond donors (Lipinski definition) is 3. The summed E-state index contributed by atoms with van der Waals surface area (Å²) in [6.07, 6.45) is 4.10. The van der Waals surface area contributed by atoms with Gasteiger partial charge in [0, 0.05) is 17.5 Å². The van der Waals surface area contributed by atoms with E-state index in [4.69, 9.17) is 0 Å². The van der Waals surface area contributed by atoms with Crippen molar-refractivity contribution in [2.24, 2.45) is 0 Å². The Labute approximate surface area is 105 Å². The summed E-state index contributed by atoms with van der Waals surface area (Å²) in [7, 11) is 0. The lowest BCUT2D eigenvalue weighted by Gasteiger charge is -2.22. The van der Waals surface area contributed by atoms with Gasteiger partial charge in [-0.3, -0.25) is 5.10 Å². The van der Waals surface area contributed by atoms with E-state index in [0.29, 0.717) is 6.54 Å². The van der Waals surface area contributed by atoms with Gasteiger partial charge in [-0.2, -0.15) is 16.9 Å². The van der Waals surface area contributed by atoms with E-state index in [-0.39, 0.29) is 10.8 Å². The van der Waals surface area contributed by atoms with Crippen LogP contribution in [0, 0.1) is 0 Å². The summed E-state index contributed by atoms with van der Waals surface area (Å²) in [5.41, 5.74) is 0.904. The lowest BCUT2D eigenvalue weighted by Crippen LogP contribution is -2.42. The molecule has 3 N–H and O–H groups in total. The molecule has 1 aromatic heterocycles. The molecule has 1 atom stereocenters. The van der Waals surface area contributed by atoms with Crippen LogP contribution in [0.5, 0.6) is 0 Å². The first-order chi connectivity index (χ1) is 8.18. The number of thioether (sulfide) groups is 1. The molecular formula is C11H18N4OS. The van der Waals surface area contributed by atoms with E-state index in [2.05, 4.69) is 27.8 Å². The van der Waals surface area contributed by atoms with Gasteiger partial charge in [0.25, 0.3) is 0 Å². The summed E-state index contributed by atoms with van der Waals surface area (Å²) >= 11 is 1.94. The molecule has 94 valence electrons. The number of carbonyl (C=O) groups excluding carboxylic acids is 1. The zero-order valence-electron chi connectivity index (χ0n) is 9.95. The fraction of sp³-hybridized carbons (Fsp3) is 0.636. The molecule has 0 bridgehead atoms. The molecule has 2 rings (SSSR count). The van der Waals surface area contributed by atoms with Crippen molar-refractivity contribution in [3.05, 3.63) is 18.0 Å². The summed E-state index contributed by atoms with van der Waals surface area (Å²) < 4.78 is 0.214. The normalized spacial score (nSPS) is 23.6. The SMILES string of the molecule is CC1(CNC(=O)NCc2ccn[nH]2)CCCS1. The maximum absolute atomic E-state index is 11.6. The van der Waals surface area contributed by atoms with Crippen molar-refractivity contribution in [1.29, 1.82) is 0 Å². The highest BCUT2D eigenvalue weighted by molar-refractivity contribution is 8.00. The molecule has 1 saturated heterocycles.